The summed E-state index contributed by atoms with van der Waals surface area (Å²) in [4.78, 5) is 12.0. The maximum absolute atomic E-state index is 12.9. The Bertz CT molecular complexity index is 822. The van der Waals surface area contributed by atoms with E-state index in [2.05, 4.69) is 0 Å². The molecule has 0 saturated carbocycles. The number of rotatable bonds is 6. The maximum atomic E-state index is 12.9. The number of nitrogens with zero attached hydrogens (tertiary/aromatic N) is 1. The van der Waals surface area contributed by atoms with Crippen LogP contribution in [0.1, 0.15) is 12.5 Å². The van der Waals surface area contributed by atoms with E-state index in [1.165, 1.54) is 18.2 Å². The van der Waals surface area contributed by atoms with Gasteiger partial charge in [-0.3, -0.25) is 9.10 Å². The standard InChI is InChI=1S/C17H18ClNO4S/c1-3-23-17(20)12-19(14-10-9-13(2)16(18)11-14)24(21,22)15-7-5-4-6-8-15/h4-11H,3,12H2,1-2H3. The van der Waals surface area contributed by atoms with Gasteiger partial charge in [-0.25, -0.2) is 8.42 Å². The monoisotopic (exact) mass is 367 g/mol. The van der Waals surface area contributed by atoms with E-state index in [-0.39, 0.29) is 11.5 Å². The quantitative estimate of drug-likeness (QED) is 0.734. The predicted octanol–water partition coefficient (Wildman–Crippen LogP) is 3.41. The normalized spacial score (nSPS) is 11.1. The van der Waals surface area contributed by atoms with Gasteiger partial charge in [0.1, 0.15) is 6.54 Å². The Morgan fingerprint density at radius 3 is 2.42 bits per heavy atom. The molecule has 0 unspecified atom stereocenters. The van der Waals surface area contributed by atoms with Crippen molar-refractivity contribution in [3.63, 3.8) is 0 Å². The van der Waals surface area contributed by atoms with Gasteiger partial charge in [0.25, 0.3) is 10.0 Å². The Hall–Kier alpha value is -2.05. The van der Waals surface area contributed by atoms with E-state index in [1.54, 1.807) is 37.3 Å². The highest BCUT2D eigenvalue weighted by molar-refractivity contribution is 7.92. The predicted molar refractivity (Wildman–Crippen MR) is 93.8 cm³/mol. The van der Waals surface area contributed by atoms with Crippen LogP contribution >= 0.6 is 11.6 Å². The van der Waals surface area contributed by atoms with Gasteiger partial charge in [-0.15, -0.1) is 0 Å². The highest BCUT2D eigenvalue weighted by Crippen LogP contribution is 2.28. The van der Waals surface area contributed by atoms with Crippen molar-refractivity contribution in [3.8, 4) is 0 Å². The van der Waals surface area contributed by atoms with Crippen molar-refractivity contribution in [1.29, 1.82) is 0 Å². The molecule has 24 heavy (non-hydrogen) atoms. The Balaban J connectivity index is 2.50. The highest BCUT2D eigenvalue weighted by atomic mass is 35.5. The Morgan fingerprint density at radius 1 is 1.17 bits per heavy atom. The number of hydrogen-bond donors (Lipinski definition) is 0. The SMILES string of the molecule is CCOC(=O)CN(c1ccc(C)c(Cl)c1)S(=O)(=O)c1ccccc1. The molecule has 128 valence electrons. The third-order valence-electron chi connectivity index (χ3n) is 3.35. The van der Waals surface area contributed by atoms with Crippen LogP contribution in [0.2, 0.25) is 5.02 Å². The van der Waals surface area contributed by atoms with Crippen molar-refractivity contribution in [2.75, 3.05) is 17.5 Å². The molecule has 0 radical (unpaired) electrons. The molecule has 0 aliphatic heterocycles. The minimum absolute atomic E-state index is 0.0889. The van der Waals surface area contributed by atoms with Crippen LogP contribution in [0.15, 0.2) is 53.4 Å². The first-order valence-corrected chi connectivity index (χ1v) is 9.17. The lowest BCUT2D eigenvalue weighted by Crippen LogP contribution is -2.36. The maximum Gasteiger partial charge on any atom is 0.326 e. The van der Waals surface area contributed by atoms with E-state index >= 15 is 0 Å². The summed E-state index contributed by atoms with van der Waals surface area (Å²) in [5.41, 5.74) is 1.12. The van der Waals surface area contributed by atoms with Gasteiger partial charge >= 0.3 is 5.97 Å². The van der Waals surface area contributed by atoms with Crippen LogP contribution in [-0.2, 0) is 19.6 Å². The topological polar surface area (TPSA) is 63.7 Å². The molecule has 0 aliphatic rings. The Labute approximate surface area is 146 Å². The number of carbonyl (C=O) groups is 1. The van der Waals surface area contributed by atoms with Crippen LogP contribution in [0.4, 0.5) is 5.69 Å². The molecule has 5 nitrogen and oxygen atoms in total. The fraction of sp³-hybridized carbons (Fsp3) is 0.235. The first-order chi connectivity index (χ1) is 11.4. The second-order valence-electron chi connectivity index (χ2n) is 5.06. The zero-order valence-corrected chi connectivity index (χ0v) is 15.0. The molecule has 2 aromatic carbocycles. The highest BCUT2D eigenvalue weighted by Gasteiger charge is 2.27. The number of halogens is 1. The fourth-order valence-corrected chi connectivity index (χ4v) is 3.69. The molecule has 0 aliphatic carbocycles. The number of hydrogen-bond acceptors (Lipinski definition) is 4. The molecule has 0 amide bonds. The van der Waals surface area contributed by atoms with E-state index in [0.717, 1.165) is 9.87 Å². The fourth-order valence-electron chi connectivity index (χ4n) is 2.10. The van der Waals surface area contributed by atoms with Crippen LogP contribution < -0.4 is 4.31 Å². The van der Waals surface area contributed by atoms with Crippen LogP contribution in [0.5, 0.6) is 0 Å². The second kappa shape index (κ2) is 7.68. The summed E-state index contributed by atoms with van der Waals surface area (Å²) in [7, 11) is -3.92. The molecule has 2 rings (SSSR count). The van der Waals surface area contributed by atoms with Gasteiger partial charge in [0.15, 0.2) is 0 Å². The number of carbonyl (C=O) groups excluding carboxylic acids is 1. The van der Waals surface area contributed by atoms with Gasteiger partial charge in [0, 0.05) is 5.02 Å². The zero-order chi connectivity index (χ0) is 17.7. The second-order valence-corrected chi connectivity index (χ2v) is 7.33. The Kier molecular flexibility index (Phi) is 5.85. The lowest BCUT2D eigenvalue weighted by Gasteiger charge is -2.24. The van der Waals surface area contributed by atoms with Gasteiger partial charge in [0.2, 0.25) is 0 Å². The molecular weight excluding hydrogens is 350 g/mol. The molecule has 0 bridgehead atoms. The molecule has 0 fully saturated rings. The van der Waals surface area contributed by atoms with Gasteiger partial charge < -0.3 is 4.74 Å². The van der Waals surface area contributed by atoms with E-state index in [1.807, 2.05) is 6.92 Å². The van der Waals surface area contributed by atoms with Crippen LogP contribution in [-0.4, -0.2) is 27.5 Å². The van der Waals surface area contributed by atoms with E-state index in [9.17, 15) is 13.2 Å². The molecule has 2 aromatic rings. The summed E-state index contributed by atoms with van der Waals surface area (Å²) in [5.74, 6) is -0.631. The van der Waals surface area contributed by atoms with Gasteiger partial charge in [-0.05, 0) is 43.7 Å². The molecular formula is C17H18ClNO4S. The third kappa shape index (κ3) is 4.07. The zero-order valence-electron chi connectivity index (χ0n) is 13.4. The van der Waals surface area contributed by atoms with Crippen LogP contribution in [0.3, 0.4) is 0 Å². The van der Waals surface area contributed by atoms with Crippen molar-refractivity contribution < 1.29 is 17.9 Å². The molecule has 0 aromatic heterocycles. The smallest absolute Gasteiger partial charge is 0.326 e. The summed E-state index contributed by atoms with van der Waals surface area (Å²) >= 11 is 6.11. The molecule has 0 saturated heterocycles. The van der Waals surface area contributed by atoms with Crippen molar-refractivity contribution in [3.05, 3.63) is 59.1 Å². The lowest BCUT2D eigenvalue weighted by molar-refractivity contribution is -0.141. The summed E-state index contributed by atoms with van der Waals surface area (Å²) in [6.07, 6.45) is 0. The summed E-state index contributed by atoms with van der Waals surface area (Å²) in [6.45, 7) is 3.22. The lowest BCUT2D eigenvalue weighted by atomic mass is 10.2. The first kappa shape index (κ1) is 18.3. The average Bonchev–Trinajstić information content (AvgIpc) is 2.56. The van der Waals surface area contributed by atoms with Crippen molar-refractivity contribution in [2.45, 2.75) is 18.7 Å². The summed E-state index contributed by atoms with van der Waals surface area (Å²) in [6, 6.07) is 12.8. The number of esters is 1. The molecule has 7 heteroatoms. The molecule has 0 atom stereocenters. The number of aryl methyl sites for hydroxylation is 1. The summed E-state index contributed by atoms with van der Waals surface area (Å²) < 4.78 is 31.8. The number of anilines is 1. The van der Waals surface area contributed by atoms with Crippen molar-refractivity contribution >= 4 is 33.3 Å². The average molecular weight is 368 g/mol. The van der Waals surface area contributed by atoms with E-state index in [0.29, 0.717) is 10.7 Å². The van der Waals surface area contributed by atoms with Crippen LogP contribution in [0.25, 0.3) is 0 Å². The van der Waals surface area contributed by atoms with E-state index in [4.69, 9.17) is 16.3 Å². The summed E-state index contributed by atoms with van der Waals surface area (Å²) in [5, 5.41) is 0.421. The molecule has 0 spiro atoms. The number of sulfonamides is 1. The third-order valence-corrected chi connectivity index (χ3v) is 5.55. The minimum Gasteiger partial charge on any atom is -0.465 e. The first-order valence-electron chi connectivity index (χ1n) is 7.36. The van der Waals surface area contributed by atoms with Crippen LogP contribution in [0, 0.1) is 6.92 Å². The van der Waals surface area contributed by atoms with Gasteiger partial charge in [0.05, 0.1) is 17.2 Å². The van der Waals surface area contributed by atoms with Gasteiger partial charge in [-0.2, -0.15) is 0 Å². The largest absolute Gasteiger partial charge is 0.465 e. The van der Waals surface area contributed by atoms with Gasteiger partial charge in [-0.1, -0.05) is 35.9 Å². The minimum atomic E-state index is -3.92. The van der Waals surface area contributed by atoms with Crippen molar-refractivity contribution in [2.24, 2.45) is 0 Å². The Morgan fingerprint density at radius 2 is 1.83 bits per heavy atom. The molecule has 0 heterocycles. The van der Waals surface area contributed by atoms with E-state index < -0.39 is 22.5 Å². The number of benzene rings is 2. The molecule has 0 N–H and O–H groups in total. The number of ether oxygens (including phenoxy) is 1. The van der Waals surface area contributed by atoms with Crippen molar-refractivity contribution in [1.82, 2.24) is 0 Å².